The third-order valence-electron chi connectivity index (χ3n) is 3.32. The molecule has 4 nitrogen and oxygen atoms in total. The largest absolute Gasteiger partial charge is 0.394 e. The van der Waals surface area contributed by atoms with Gasteiger partial charge in [-0.05, 0) is 38.3 Å². The Morgan fingerprint density at radius 2 is 2.06 bits per heavy atom. The van der Waals surface area contributed by atoms with Crippen molar-refractivity contribution in [2.45, 2.75) is 38.1 Å². The monoisotopic (exact) mass is 230 g/mol. The lowest BCUT2D eigenvalue weighted by Gasteiger charge is -2.31. The summed E-state index contributed by atoms with van der Waals surface area (Å²) in [4.78, 5) is 0. The maximum atomic E-state index is 8.54. The van der Waals surface area contributed by atoms with Gasteiger partial charge in [-0.1, -0.05) is 12.8 Å². The fourth-order valence-electron chi connectivity index (χ4n) is 2.39. The summed E-state index contributed by atoms with van der Waals surface area (Å²) in [6.07, 6.45) is 6.21. The summed E-state index contributed by atoms with van der Waals surface area (Å²) < 4.78 is 5.21. The Bertz CT molecular complexity index is 167. The number of nitrogens with two attached hydrogens (primary N) is 1. The van der Waals surface area contributed by atoms with E-state index < -0.39 is 0 Å². The van der Waals surface area contributed by atoms with Crippen LogP contribution in [-0.2, 0) is 4.74 Å². The van der Waals surface area contributed by atoms with Crippen LogP contribution in [0.1, 0.15) is 32.1 Å². The highest BCUT2D eigenvalue weighted by molar-refractivity contribution is 4.81. The molecule has 0 heterocycles. The Morgan fingerprint density at radius 3 is 2.81 bits per heavy atom. The molecule has 0 amide bonds. The van der Waals surface area contributed by atoms with Gasteiger partial charge in [0.05, 0.1) is 13.2 Å². The number of aliphatic hydroxyl groups is 1. The molecule has 0 radical (unpaired) electrons. The standard InChI is InChI=1S/C12H26N2O2/c13-10-11-4-1-2-5-12(11)14-6-3-8-16-9-7-15/h11-12,14-15H,1-10,13H2. The molecule has 1 saturated carbocycles. The first-order valence-corrected chi connectivity index (χ1v) is 6.50. The summed E-state index contributed by atoms with van der Waals surface area (Å²) in [6, 6.07) is 0.608. The minimum atomic E-state index is 0.116. The summed E-state index contributed by atoms with van der Waals surface area (Å²) >= 11 is 0. The third-order valence-corrected chi connectivity index (χ3v) is 3.32. The Balaban J connectivity index is 2.02. The van der Waals surface area contributed by atoms with Gasteiger partial charge in [-0.15, -0.1) is 0 Å². The molecule has 0 aromatic carbocycles. The molecular weight excluding hydrogens is 204 g/mol. The first-order chi connectivity index (χ1) is 7.88. The van der Waals surface area contributed by atoms with Crippen molar-refractivity contribution in [2.75, 3.05) is 32.9 Å². The van der Waals surface area contributed by atoms with Crippen LogP contribution in [-0.4, -0.2) is 44.1 Å². The van der Waals surface area contributed by atoms with Gasteiger partial charge < -0.3 is 20.9 Å². The molecule has 16 heavy (non-hydrogen) atoms. The minimum Gasteiger partial charge on any atom is -0.394 e. The van der Waals surface area contributed by atoms with Crippen LogP contribution < -0.4 is 11.1 Å². The summed E-state index contributed by atoms with van der Waals surface area (Å²) in [5, 5.41) is 12.1. The van der Waals surface area contributed by atoms with Crippen LogP contribution in [0.3, 0.4) is 0 Å². The van der Waals surface area contributed by atoms with Gasteiger partial charge in [-0.2, -0.15) is 0 Å². The quantitative estimate of drug-likeness (QED) is 0.531. The molecular formula is C12H26N2O2. The van der Waals surface area contributed by atoms with Gasteiger partial charge in [0.2, 0.25) is 0 Å². The predicted molar refractivity (Wildman–Crippen MR) is 65.3 cm³/mol. The van der Waals surface area contributed by atoms with Crippen LogP contribution in [0.4, 0.5) is 0 Å². The topological polar surface area (TPSA) is 67.5 Å². The van der Waals surface area contributed by atoms with Crippen molar-refractivity contribution in [2.24, 2.45) is 11.7 Å². The van der Waals surface area contributed by atoms with E-state index in [9.17, 15) is 0 Å². The molecule has 0 aliphatic heterocycles. The lowest BCUT2D eigenvalue weighted by Crippen LogP contribution is -2.42. The molecule has 4 N–H and O–H groups in total. The van der Waals surface area contributed by atoms with Crippen LogP contribution in [0.5, 0.6) is 0 Å². The van der Waals surface area contributed by atoms with Crippen molar-refractivity contribution >= 4 is 0 Å². The van der Waals surface area contributed by atoms with E-state index in [2.05, 4.69) is 5.32 Å². The molecule has 1 fully saturated rings. The summed E-state index contributed by atoms with van der Waals surface area (Å²) in [5.74, 6) is 0.659. The van der Waals surface area contributed by atoms with E-state index in [1.54, 1.807) is 0 Å². The van der Waals surface area contributed by atoms with Crippen molar-refractivity contribution in [3.8, 4) is 0 Å². The zero-order chi connectivity index (χ0) is 11.6. The van der Waals surface area contributed by atoms with Gasteiger partial charge >= 0.3 is 0 Å². The summed E-state index contributed by atoms with van der Waals surface area (Å²) in [6.45, 7) is 3.10. The van der Waals surface area contributed by atoms with Gasteiger partial charge in [0, 0.05) is 12.6 Å². The molecule has 0 aromatic rings. The zero-order valence-electron chi connectivity index (χ0n) is 10.2. The number of rotatable bonds is 8. The highest BCUT2D eigenvalue weighted by atomic mass is 16.5. The number of hydrogen-bond donors (Lipinski definition) is 3. The number of aliphatic hydroxyl groups excluding tert-OH is 1. The van der Waals surface area contributed by atoms with Gasteiger partial charge in [-0.3, -0.25) is 0 Å². The highest BCUT2D eigenvalue weighted by Gasteiger charge is 2.22. The maximum Gasteiger partial charge on any atom is 0.0697 e. The molecule has 4 heteroatoms. The summed E-state index contributed by atoms with van der Waals surface area (Å²) in [5.41, 5.74) is 5.77. The fraction of sp³-hybridized carbons (Fsp3) is 1.00. The van der Waals surface area contributed by atoms with E-state index in [1.807, 2.05) is 0 Å². The first kappa shape index (κ1) is 13.9. The molecule has 2 unspecified atom stereocenters. The van der Waals surface area contributed by atoms with Gasteiger partial charge in [0.1, 0.15) is 0 Å². The fourth-order valence-corrected chi connectivity index (χ4v) is 2.39. The van der Waals surface area contributed by atoms with Gasteiger partial charge in [0.25, 0.3) is 0 Å². The van der Waals surface area contributed by atoms with Crippen LogP contribution in [0.2, 0.25) is 0 Å². The van der Waals surface area contributed by atoms with E-state index in [0.717, 1.165) is 26.1 Å². The van der Waals surface area contributed by atoms with Crippen LogP contribution >= 0.6 is 0 Å². The first-order valence-electron chi connectivity index (χ1n) is 6.50. The second-order valence-corrected chi connectivity index (χ2v) is 4.53. The Kier molecular flexibility index (Phi) is 7.76. The number of ether oxygens (including phenoxy) is 1. The Hall–Kier alpha value is -0.160. The van der Waals surface area contributed by atoms with Gasteiger partial charge in [-0.25, -0.2) is 0 Å². The average Bonchev–Trinajstić information content (AvgIpc) is 2.34. The molecule has 1 aliphatic carbocycles. The van der Waals surface area contributed by atoms with Crippen molar-refractivity contribution in [1.29, 1.82) is 0 Å². The number of hydrogen-bond acceptors (Lipinski definition) is 4. The lowest BCUT2D eigenvalue weighted by molar-refractivity contribution is 0.0897. The van der Waals surface area contributed by atoms with Crippen molar-refractivity contribution < 1.29 is 9.84 Å². The van der Waals surface area contributed by atoms with E-state index in [-0.39, 0.29) is 6.61 Å². The lowest BCUT2D eigenvalue weighted by atomic mass is 9.84. The van der Waals surface area contributed by atoms with Crippen molar-refractivity contribution in [1.82, 2.24) is 5.32 Å². The maximum absolute atomic E-state index is 8.54. The van der Waals surface area contributed by atoms with Crippen molar-refractivity contribution in [3.05, 3.63) is 0 Å². The minimum absolute atomic E-state index is 0.116. The molecule has 0 spiro atoms. The molecule has 1 rings (SSSR count). The van der Waals surface area contributed by atoms with E-state index in [1.165, 1.54) is 25.7 Å². The number of nitrogens with one attached hydrogen (secondary N) is 1. The summed E-state index contributed by atoms with van der Waals surface area (Å²) in [7, 11) is 0. The second-order valence-electron chi connectivity index (χ2n) is 4.53. The van der Waals surface area contributed by atoms with E-state index >= 15 is 0 Å². The molecule has 0 aromatic heterocycles. The third kappa shape index (κ3) is 5.25. The molecule has 2 atom stereocenters. The molecule has 96 valence electrons. The van der Waals surface area contributed by atoms with Crippen LogP contribution in [0.15, 0.2) is 0 Å². The zero-order valence-corrected chi connectivity index (χ0v) is 10.2. The normalized spacial score (nSPS) is 25.9. The predicted octanol–water partition coefficient (Wildman–Crippen LogP) is 0.492. The highest BCUT2D eigenvalue weighted by Crippen LogP contribution is 2.23. The molecule has 0 saturated heterocycles. The van der Waals surface area contributed by atoms with Crippen molar-refractivity contribution in [3.63, 3.8) is 0 Å². The van der Waals surface area contributed by atoms with Crippen LogP contribution in [0, 0.1) is 5.92 Å². The Morgan fingerprint density at radius 1 is 1.25 bits per heavy atom. The smallest absolute Gasteiger partial charge is 0.0697 e. The Labute approximate surface area is 98.5 Å². The van der Waals surface area contributed by atoms with E-state index in [4.69, 9.17) is 15.6 Å². The average molecular weight is 230 g/mol. The molecule has 0 bridgehead atoms. The molecule has 1 aliphatic rings. The van der Waals surface area contributed by atoms with E-state index in [0.29, 0.717) is 18.6 Å². The van der Waals surface area contributed by atoms with Crippen LogP contribution in [0.25, 0.3) is 0 Å². The second kappa shape index (κ2) is 8.93. The van der Waals surface area contributed by atoms with Gasteiger partial charge in [0.15, 0.2) is 0 Å². The SMILES string of the molecule is NCC1CCCCC1NCCCOCCO.